The van der Waals surface area contributed by atoms with E-state index in [4.69, 9.17) is 4.74 Å². The number of aryl methyl sites for hydroxylation is 1. The molecule has 33 heavy (non-hydrogen) atoms. The first-order valence-corrected chi connectivity index (χ1v) is 13.3. The van der Waals surface area contributed by atoms with Crippen molar-refractivity contribution in [3.05, 3.63) is 71.3 Å². The summed E-state index contributed by atoms with van der Waals surface area (Å²) in [6.07, 6.45) is 10.3. The number of rotatable bonds is 8. The maximum atomic E-state index is 6.01. The van der Waals surface area contributed by atoms with E-state index in [-0.39, 0.29) is 6.10 Å². The monoisotopic (exact) mass is 445 g/mol. The van der Waals surface area contributed by atoms with E-state index >= 15 is 0 Å². The topological polar surface area (TPSA) is 12.5 Å². The number of hydrogen-bond acceptors (Lipinski definition) is 2. The van der Waals surface area contributed by atoms with Gasteiger partial charge in [0.1, 0.15) is 5.75 Å². The predicted molar refractivity (Wildman–Crippen MR) is 141 cm³/mol. The van der Waals surface area contributed by atoms with Crippen LogP contribution in [0.1, 0.15) is 94.4 Å². The van der Waals surface area contributed by atoms with E-state index in [0.717, 1.165) is 31.2 Å². The Morgan fingerprint density at radius 2 is 1.88 bits per heavy atom. The zero-order valence-corrected chi connectivity index (χ0v) is 21.3. The van der Waals surface area contributed by atoms with E-state index in [0.29, 0.717) is 5.41 Å². The number of likely N-dealkylation sites (tertiary alicyclic amines) is 1. The molecule has 1 saturated heterocycles. The van der Waals surface area contributed by atoms with Gasteiger partial charge in [-0.2, -0.15) is 0 Å². The molecular formula is C31H43NO. The van der Waals surface area contributed by atoms with E-state index in [1.807, 2.05) is 0 Å². The van der Waals surface area contributed by atoms with Gasteiger partial charge in [0.15, 0.2) is 0 Å². The zero-order valence-electron chi connectivity index (χ0n) is 21.3. The fourth-order valence-corrected chi connectivity index (χ4v) is 6.13. The Labute approximate surface area is 202 Å². The third kappa shape index (κ3) is 5.31. The van der Waals surface area contributed by atoms with Crippen LogP contribution in [0, 0.1) is 5.41 Å². The van der Waals surface area contributed by atoms with Gasteiger partial charge in [-0.1, -0.05) is 57.5 Å². The number of ether oxygens (including phenoxy) is 1. The molecule has 2 aromatic rings. The van der Waals surface area contributed by atoms with Crippen LogP contribution >= 0.6 is 0 Å². The predicted octanol–water partition coefficient (Wildman–Crippen LogP) is 8.01. The Morgan fingerprint density at radius 1 is 1.12 bits per heavy atom. The Kier molecular flexibility index (Phi) is 7.51. The first kappa shape index (κ1) is 23.9. The Balaban J connectivity index is 1.46. The summed E-state index contributed by atoms with van der Waals surface area (Å²) >= 11 is 0. The molecule has 0 bridgehead atoms. The molecule has 4 rings (SSSR count). The minimum atomic E-state index is 0.199. The number of piperidine rings is 1. The molecule has 0 aromatic heterocycles. The largest absolute Gasteiger partial charge is 0.491 e. The second kappa shape index (κ2) is 10.4. The highest BCUT2D eigenvalue weighted by atomic mass is 16.5. The molecule has 2 aromatic carbocycles. The van der Waals surface area contributed by atoms with Crippen molar-refractivity contribution in [1.82, 2.24) is 4.90 Å². The molecule has 1 unspecified atom stereocenters. The van der Waals surface area contributed by atoms with Crippen molar-refractivity contribution in [2.45, 2.75) is 91.1 Å². The van der Waals surface area contributed by atoms with Crippen LogP contribution in [0.4, 0.5) is 0 Å². The summed E-state index contributed by atoms with van der Waals surface area (Å²) in [6.45, 7) is 15.5. The average Bonchev–Trinajstić information content (AvgIpc) is 2.82. The van der Waals surface area contributed by atoms with Crippen LogP contribution in [-0.2, 0) is 12.8 Å². The van der Waals surface area contributed by atoms with Crippen LogP contribution in [-0.4, -0.2) is 24.1 Å². The van der Waals surface area contributed by atoms with E-state index in [9.17, 15) is 0 Å². The van der Waals surface area contributed by atoms with Gasteiger partial charge in [-0.3, -0.25) is 0 Å². The van der Waals surface area contributed by atoms with Gasteiger partial charge in [0.2, 0.25) is 0 Å². The molecular weight excluding hydrogens is 402 g/mol. The van der Waals surface area contributed by atoms with Crippen LogP contribution < -0.4 is 4.74 Å². The molecule has 2 heteroatoms. The molecule has 1 aliphatic heterocycles. The Morgan fingerprint density at radius 3 is 2.58 bits per heavy atom. The highest BCUT2D eigenvalue weighted by molar-refractivity contribution is 5.64. The molecule has 2 aliphatic rings. The highest BCUT2D eigenvalue weighted by Gasteiger charge is 2.41. The quantitative estimate of drug-likeness (QED) is 0.408. The minimum Gasteiger partial charge on any atom is -0.491 e. The van der Waals surface area contributed by atoms with Crippen molar-refractivity contribution in [3.8, 4) is 5.75 Å². The second-order valence-corrected chi connectivity index (χ2v) is 10.7. The van der Waals surface area contributed by atoms with E-state index in [2.05, 4.69) is 81.6 Å². The van der Waals surface area contributed by atoms with Crippen LogP contribution in [0.25, 0.3) is 5.70 Å². The van der Waals surface area contributed by atoms with Gasteiger partial charge in [0.05, 0.1) is 6.10 Å². The number of nitrogens with zero attached hydrogens (tertiary/aromatic N) is 1. The fraction of sp³-hybridized carbons (Fsp3) is 0.548. The van der Waals surface area contributed by atoms with Crippen molar-refractivity contribution in [2.75, 3.05) is 13.1 Å². The molecule has 1 fully saturated rings. The van der Waals surface area contributed by atoms with E-state index < -0.39 is 0 Å². The summed E-state index contributed by atoms with van der Waals surface area (Å²) in [5.41, 5.74) is 7.42. The summed E-state index contributed by atoms with van der Waals surface area (Å²) < 4.78 is 6.01. The molecule has 1 atom stereocenters. The zero-order chi connectivity index (χ0) is 23.4. The lowest BCUT2D eigenvalue weighted by molar-refractivity contribution is 0.109. The first-order valence-electron chi connectivity index (χ1n) is 13.3. The van der Waals surface area contributed by atoms with Crippen molar-refractivity contribution in [1.29, 1.82) is 0 Å². The Bertz CT molecular complexity index is 951. The third-order valence-corrected chi connectivity index (χ3v) is 7.99. The molecule has 0 saturated carbocycles. The van der Waals surface area contributed by atoms with Crippen LogP contribution in [0.3, 0.4) is 0 Å². The molecule has 0 amide bonds. The molecule has 0 radical (unpaired) electrons. The SMILES string of the molecule is C=C(c1ccc(OC(C)C)c(CC)c1)N1CCC2(CC1)Cc1ccccc1C(CCCC)C2. The maximum Gasteiger partial charge on any atom is 0.122 e. The first-order chi connectivity index (χ1) is 15.9. The Hall–Kier alpha value is -2.22. The lowest BCUT2D eigenvalue weighted by Gasteiger charge is -2.48. The molecule has 1 aliphatic carbocycles. The molecule has 0 N–H and O–H groups in total. The maximum absolute atomic E-state index is 6.01. The van der Waals surface area contributed by atoms with Gasteiger partial charge >= 0.3 is 0 Å². The summed E-state index contributed by atoms with van der Waals surface area (Å²) in [5.74, 6) is 1.76. The number of hydrogen-bond donors (Lipinski definition) is 0. The van der Waals surface area contributed by atoms with Gasteiger partial charge in [-0.25, -0.2) is 0 Å². The molecule has 2 nitrogen and oxygen atoms in total. The third-order valence-electron chi connectivity index (χ3n) is 7.99. The second-order valence-electron chi connectivity index (χ2n) is 10.7. The van der Waals surface area contributed by atoms with E-state index in [1.165, 1.54) is 61.8 Å². The van der Waals surface area contributed by atoms with Crippen LogP contribution in [0.2, 0.25) is 0 Å². The van der Waals surface area contributed by atoms with Crippen LogP contribution in [0.5, 0.6) is 5.75 Å². The lowest BCUT2D eigenvalue weighted by atomic mass is 9.62. The number of benzene rings is 2. The molecule has 1 spiro atoms. The van der Waals surface area contributed by atoms with Crippen molar-refractivity contribution in [3.63, 3.8) is 0 Å². The van der Waals surface area contributed by atoms with Crippen molar-refractivity contribution < 1.29 is 4.74 Å². The van der Waals surface area contributed by atoms with Gasteiger partial charge in [-0.05, 0) is 104 Å². The van der Waals surface area contributed by atoms with Gasteiger partial charge in [-0.15, -0.1) is 0 Å². The molecule has 178 valence electrons. The lowest BCUT2D eigenvalue weighted by Crippen LogP contribution is -2.42. The normalized spacial score (nSPS) is 19.5. The van der Waals surface area contributed by atoms with Crippen LogP contribution in [0.15, 0.2) is 49.0 Å². The smallest absolute Gasteiger partial charge is 0.122 e. The van der Waals surface area contributed by atoms with Gasteiger partial charge in [0, 0.05) is 18.8 Å². The standard InChI is InChI=1S/C31H43NO/c1-6-8-11-27-21-31(22-28-12-9-10-13-29(27)28)16-18-32(19-17-31)24(5)26-14-15-30(33-23(3)4)25(7-2)20-26/h9-10,12-15,20,23,27H,5-8,11,16-19,21-22H2,1-4H3. The minimum absolute atomic E-state index is 0.199. The summed E-state index contributed by atoms with van der Waals surface area (Å²) in [5, 5.41) is 0. The summed E-state index contributed by atoms with van der Waals surface area (Å²) in [6, 6.07) is 15.9. The summed E-state index contributed by atoms with van der Waals surface area (Å²) in [4.78, 5) is 2.53. The average molecular weight is 446 g/mol. The van der Waals surface area contributed by atoms with Gasteiger partial charge < -0.3 is 9.64 Å². The van der Waals surface area contributed by atoms with Gasteiger partial charge in [0.25, 0.3) is 0 Å². The summed E-state index contributed by atoms with van der Waals surface area (Å²) in [7, 11) is 0. The van der Waals surface area contributed by atoms with E-state index in [1.54, 1.807) is 11.1 Å². The van der Waals surface area contributed by atoms with Crippen molar-refractivity contribution in [2.24, 2.45) is 5.41 Å². The highest BCUT2D eigenvalue weighted by Crippen LogP contribution is 2.50. The number of unbranched alkanes of at least 4 members (excludes halogenated alkanes) is 1. The fourth-order valence-electron chi connectivity index (χ4n) is 6.13. The van der Waals surface area contributed by atoms with Crippen molar-refractivity contribution >= 4 is 5.70 Å². The number of fused-ring (bicyclic) bond motifs is 1. The molecule has 1 heterocycles.